The summed E-state index contributed by atoms with van der Waals surface area (Å²) in [6.45, 7) is 4.31. The molecule has 1 heterocycles. The third-order valence-corrected chi connectivity index (χ3v) is 4.68. The first-order chi connectivity index (χ1) is 8.97. The number of aliphatic carboxylic acids is 1. The van der Waals surface area contributed by atoms with Gasteiger partial charge < -0.3 is 14.6 Å². The Morgan fingerprint density at radius 1 is 1.42 bits per heavy atom. The van der Waals surface area contributed by atoms with E-state index in [0.717, 1.165) is 15.6 Å². The van der Waals surface area contributed by atoms with Crippen LogP contribution in [0.4, 0.5) is 0 Å². The van der Waals surface area contributed by atoms with Gasteiger partial charge in [-0.25, -0.2) is 0 Å². The smallest absolute Gasteiger partial charge is 0.314 e. The van der Waals surface area contributed by atoms with Crippen LogP contribution in [0.25, 0.3) is 0 Å². The van der Waals surface area contributed by atoms with Crippen LogP contribution in [-0.4, -0.2) is 17.9 Å². The van der Waals surface area contributed by atoms with E-state index < -0.39 is 11.4 Å². The standard InChI is InChI=1S/C14H15BrO4/c1-7(2)10-8(14(3-4-14)13(16)17)5-9-12(11(10)15)19-6-18-9/h5,7H,3-4,6H2,1-2H3,(H,16,17). The fourth-order valence-electron chi connectivity index (χ4n) is 2.70. The first kappa shape index (κ1) is 12.8. The first-order valence-electron chi connectivity index (χ1n) is 6.33. The molecule has 0 radical (unpaired) electrons. The van der Waals surface area contributed by atoms with Crippen LogP contribution in [0.1, 0.15) is 43.7 Å². The van der Waals surface area contributed by atoms with Crippen LogP contribution in [0.5, 0.6) is 11.5 Å². The second kappa shape index (κ2) is 4.13. The molecule has 0 aromatic heterocycles. The molecule has 2 aliphatic rings. The zero-order valence-electron chi connectivity index (χ0n) is 10.8. The van der Waals surface area contributed by atoms with Crippen molar-refractivity contribution in [1.82, 2.24) is 0 Å². The second-order valence-corrected chi connectivity index (χ2v) is 6.22. The minimum absolute atomic E-state index is 0.189. The van der Waals surface area contributed by atoms with Gasteiger partial charge in [0.15, 0.2) is 11.5 Å². The van der Waals surface area contributed by atoms with Gasteiger partial charge in [-0.3, -0.25) is 4.79 Å². The lowest BCUT2D eigenvalue weighted by atomic mass is 9.86. The van der Waals surface area contributed by atoms with E-state index in [9.17, 15) is 9.90 Å². The normalized spacial score (nSPS) is 18.7. The summed E-state index contributed by atoms with van der Waals surface area (Å²) in [6.07, 6.45) is 1.38. The Labute approximate surface area is 119 Å². The number of carboxylic acids is 1. The topological polar surface area (TPSA) is 55.8 Å². The van der Waals surface area contributed by atoms with Crippen LogP contribution in [0.2, 0.25) is 0 Å². The highest BCUT2D eigenvalue weighted by Crippen LogP contribution is 2.55. The predicted octanol–water partition coefficient (Wildman–Crippen LogP) is 3.42. The summed E-state index contributed by atoms with van der Waals surface area (Å²) in [5, 5.41) is 9.52. The molecule has 0 saturated heterocycles. The maximum Gasteiger partial charge on any atom is 0.314 e. The highest BCUT2D eigenvalue weighted by Gasteiger charge is 2.54. The van der Waals surface area contributed by atoms with Gasteiger partial charge in [-0.2, -0.15) is 0 Å². The quantitative estimate of drug-likeness (QED) is 0.924. The minimum atomic E-state index is -0.750. The van der Waals surface area contributed by atoms with Crippen molar-refractivity contribution in [2.45, 2.75) is 38.0 Å². The molecule has 102 valence electrons. The number of halogens is 1. The largest absolute Gasteiger partial charge is 0.481 e. The monoisotopic (exact) mass is 326 g/mol. The zero-order chi connectivity index (χ0) is 13.8. The molecule has 0 amide bonds. The predicted molar refractivity (Wildman–Crippen MR) is 72.9 cm³/mol. The molecule has 1 aromatic carbocycles. The summed E-state index contributed by atoms with van der Waals surface area (Å²) in [7, 11) is 0. The molecular weight excluding hydrogens is 312 g/mol. The summed E-state index contributed by atoms with van der Waals surface area (Å²) in [5.74, 6) is 0.795. The molecule has 1 N–H and O–H groups in total. The van der Waals surface area contributed by atoms with Gasteiger partial charge in [0.05, 0.1) is 9.89 Å². The van der Waals surface area contributed by atoms with Crippen molar-refractivity contribution in [3.05, 3.63) is 21.7 Å². The van der Waals surface area contributed by atoms with Crippen LogP contribution < -0.4 is 9.47 Å². The summed E-state index contributed by atoms with van der Waals surface area (Å²) in [6, 6.07) is 1.85. The van der Waals surface area contributed by atoms with Gasteiger partial charge in [-0.1, -0.05) is 13.8 Å². The van der Waals surface area contributed by atoms with Crippen molar-refractivity contribution in [1.29, 1.82) is 0 Å². The molecule has 0 bridgehead atoms. The lowest BCUT2D eigenvalue weighted by molar-refractivity contribution is -0.140. The zero-order valence-corrected chi connectivity index (χ0v) is 12.4. The molecule has 19 heavy (non-hydrogen) atoms. The molecule has 4 nitrogen and oxygen atoms in total. The third-order valence-electron chi connectivity index (χ3n) is 3.90. The number of carbonyl (C=O) groups is 1. The first-order valence-corrected chi connectivity index (χ1v) is 7.12. The van der Waals surface area contributed by atoms with E-state index in [1.54, 1.807) is 0 Å². The van der Waals surface area contributed by atoms with Crippen molar-refractivity contribution in [2.24, 2.45) is 0 Å². The van der Waals surface area contributed by atoms with E-state index in [1.807, 2.05) is 6.07 Å². The second-order valence-electron chi connectivity index (χ2n) is 5.43. The molecule has 5 heteroatoms. The van der Waals surface area contributed by atoms with Gasteiger partial charge in [-0.15, -0.1) is 0 Å². The van der Waals surface area contributed by atoms with Crippen LogP contribution in [-0.2, 0) is 10.2 Å². The minimum Gasteiger partial charge on any atom is -0.481 e. The Bertz CT molecular complexity index is 561. The van der Waals surface area contributed by atoms with E-state index in [4.69, 9.17) is 9.47 Å². The van der Waals surface area contributed by atoms with Crippen LogP contribution in [0, 0.1) is 0 Å². The SMILES string of the molecule is CC(C)c1c(C2(C(=O)O)CC2)cc2c(c1Br)OCO2. The fourth-order valence-corrected chi connectivity index (χ4v) is 3.68. The van der Waals surface area contributed by atoms with Crippen molar-refractivity contribution in [2.75, 3.05) is 6.79 Å². The maximum atomic E-state index is 11.6. The molecule has 1 fully saturated rings. The van der Waals surface area contributed by atoms with E-state index in [2.05, 4.69) is 29.8 Å². The summed E-state index contributed by atoms with van der Waals surface area (Å²) in [5.41, 5.74) is 1.15. The number of ether oxygens (including phenoxy) is 2. The molecular formula is C14H15BrO4. The van der Waals surface area contributed by atoms with Crippen LogP contribution in [0.15, 0.2) is 10.5 Å². The van der Waals surface area contributed by atoms with Gasteiger partial charge >= 0.3 is 5.97 Å². The number of carboxylic acid groups (broad SMARTS) is 1. The summed E-state index contributed by atoms with van der Waals surface area (Å²) < 4.78 is 11.7. The number of rotatable bonds is 3. The highest BCUT2D eigenvalue weighted by atomic mass is 79.9. The number of fused-ring (bicyclic) bond motifs is 1. The Kier molecular flexibility index (Phi) is 2.78. The van der Waals surface area contributed by atoms with Crippen LogP contribution >= 0.6 is 15.9 Å². The van der Waals surface area contributed by atoms with Gasteiger partial charge in [0, 0.05) is 0 Å². The molecule has 0 atom stereocenters. The molecule has 1 aromatic rings. The van der Waals surface area contributed by atoms with Gasteiger partial charge in [0.1, 0.15) is 0 Å². The van der Waals surface area contributed by atoms with E-state index in [1.165, 1.54) is 0 Å². The summed E-state index contributed by atoms with van der Waals surface area (Å²) in [4.78, 5) is 11.6. The Balaban J connectivity index is 2.24. The Hall–Kier alpha value is -1.23. The molecule has 3 rings (SSSR count). The average molecular weight is 327 g/mol. The number of hydrogen-bond donors (Lipinski definition) is 1. The number of benzene rings is 1. The molecule has 0 spiro atoms. The number of hydrogen-bond acceptors (Lipinski definition) is 3. The van der Waals surface area contributed by atoms with Crippen LogP contribution in [0.3, 0.4) is 0 Å². The highest BCUT2D eigenvalue weighted by molar-refractivity contribution is 9.10. The van der Waals surface area contributed by atoms with Gasteiger partial charge in [0.25, 0.3) is 0 Å². The molecule has 1 saturated carbocycles. The Morgan fingerprint density at radius 3 is 2.63 bits per heavy atom. The third kappa shape index (κ3) is 1.75. The fraction of sp³-hybridized carbons (Fsp3) is 0.500. The van der Waals surface area contributed by atoms with Crippen molar-refractivity contribution in [3.63, 3.8) is 0 Å². The van der Waals surface area contributed by atoms with Crippen molar-refractivity contribution in [3.8, 4) is 11.5 Å². The maximum absolute atomic E-state index is 11.6. The lowest BCUT2D eigenvalue weighted by Gasteiger charge is -2.21. The van der Waals surface area contributed by atoms with Gasteiger partial charge in [0.2, 0.25) is 6.79 Å². The summed E-state index contributed by atoms with van der Waals surface area (Å²) >= 11 is 3.56. The van der Waals surface area contributed by atoms with E-state index in [-0.39, 0.29) is 12.7 Å². The van der Waals surface area contributed by atoms with Crippen molar-refractivity contribution < 1.29 is 19.4 Å². The van der Waals surface area contributed by atoms with E-state index >= 15 is 0 Å². The Morgan fingerprint density at radius 2 is 2.11 bits per heavy atom. The van der Waals surface area contributed by atoms with E-state index in [0.29, 0.717) is 24.3 Å². The molecule has 1 aliphatic heterocycles. The average Bonchev–Trinajstić information content (AvgIpc) is 3.01. The lowest BCUT2D eigenvalue weighted by Crippen LogP contribution is -2.22. The molecule has 1 aliphatic carbocycles. The molecule has 0 unspecified atom stereocenters. The van der Waals surface area contributed by atoms with Crippen molar-refractivity contribution >= 4 is 21.9 Å². The van der Waals surface area contributed by atoms with Gasteiger partial charge in [-0.05, 0) is 51.9 Å².